The second-order valence-electron chi connectivity index (χ2n) is 7.08. The largest absolute Gasteiger partial charge is 0.356 e. The van der Waals surface area contributed by atoms with Crippen LogP contribution in [0.3, 0.4) is 0 Å². The smallest absolute Gasteiger partial charge is 0.254 e. The van der Waals surface area contributed by atoms with E-state index in [4.69, 9.17) is 0 Å². The van der Waals surface area contributed by atoms with E-state index in [1.54, 1.807) is 4.57 Å². The van der Waals surface area contributed by atoms with Gasteiger partial charge in [0.05, 0.1) is 6.04 Å². The molecule has 1 unspecified atom stereocenters. The van der Waals surface area contributed by atoms with Crippen LogP contribution in [-0.2, 0) is 4.79 Å². The Bertz CT molecular complexity index is 893. The minimum Gasteiger partial charge on any atom is -0.356 e. The topological polar surface area (TPSA) is 93.0 Å². The Kier molecular flexibility index (Phi) is 5.11. The number of anilines is 2. The second-order valence-corrected chi connectivity index (χ2v) is 8.07. The number of carbonyl (C=O) groups is 1. The number of carbonyl (C=O) groups excluding carboxylic acids is 1. The highest BCUT2D eigenvalue weighted by Gasteiger charge is 2.27. The summed E-state index contributed by atoms with van der Waals surface area (Å²) < 4.78 is 1.60. The van der Waals surface area contributed by atoms with Crippen molar-refractivity contribution < 1.29 is 4.79 Å². The van der Waals surface area contributed by atoms with Gasteiger partial charge in [-0.1, -0.05) is 18.7 Å². The van der Waals surface area contributed by atoms with Gasteiger partial charge in [-0.05, 0) is 18.8 Å². The Hall–Kier alpha value is -2.42. The number of nitrogens with zero attached hydrogens (tertiary/aromatic N) is 5. The highest BCUT2D eigenvalue weighted by molar-refractivity contribution is 7.99. The molecule has 8 nitrogen and oxygen atoms in total. The van der Waals surface area contributed by atoms with Crippen LogP contribution in [0.1, 0.15) is 32.2 Å². The molecule has 2 aliphatic heterocycles. The fourth-order valence-electron chi connectivity index (χ4n) is 3.47. The summed E-state index contributed by atoms with van der Waals surface area (Å²) in [7, 11) is 0. The van der Waals surface area contributed by atoms with Gasteiger partial charge in [0, 0.05) is 43.6 Å². The summed E-state index contributed by atoms with van der Waals surface area (Å²) in [4.78, 5) is 39.5. The Morgan fingerprint density at radius 3 is 2.93 bits per heavy atom. The predicted molar refractivity (Wildman–Crippen MR) is 104 cm³/mol. The Labute approximate surface area is 161 Å². The number of rotatable bonds is 4. The van der Waals surface area contributed by atoms with Crippen LogP contribution >= 0.6 is 11.8 Å². The fourth-order valence-corrected chi connectivity index (χ4v) is 4.60. The van der Waals surface area contributed by atoms with Crippen LogP contribution in [-0.4, -0.2) is 44.3 Å². The molecule has 4 rings (SSSR count). The van der Waals surface area contributed by atoms with E-state index in [1.165, 1.54) is 30.4 Å². The van der Waals surface area contributed by atoms with Gasteiger partial charge in [-0.15, -0.1) is 0 Å². The zero-order chi connectivity index (χ0) is 18.8. The number of piperidine rings is 1. The molecule has 1 atom stereocenters. The molecule has 1 fully saturated rings. The number of hydrogen-bond acceptors (Lipinski definition) is 7. The molecule has 1 N–H and O–H groups in total. The molecule has 27 heavy (non-hydrogen) atoms. The van der Waals surface area contributed by atoms with E-state index in [0.29, 0.717) is 16.7 Å². The summed E-state index contributed by atoms with van der Waals surface area (Å²) in [5, 5.41) is 3.52. The lowest BCUT2D eigenvalue weighted by Crippen LogP contribution is -2.33. The third-order valence-electron chi connectivity index (χ3n) is 5.06. The quantitative estimate of drug-likeness (QED) is 0.803. The highest BCUT2D eigenvalue weighted by Crippen LogP contribution is 2.31. The zero-order valence-corrected chi connectivity index (χ0v) is 16.0. The van der Waals surface area contributed by atoms with Crippen LogP contribution in [0.2, 0.25) is 0 Å². The van der Waals surface area contributed by atoms with E-state index in [1.807, 2.05) is 6.07 Å². The molecule has 0 spiro atoms. The van der Waals surface area contributed by atoms with Crippen molar-refractivity contribution in [3.05, 3.63) is 35.0 Å². The van der Waals surface area contributed by atoms with Crippen LogP contribution in [0.4, 0.5) is 11.6 Å². The minimum atomic E-state index is -0.184. The van der Waals surface area contributed by atoms with Crippen molar-refractivity contribution in [2.24, 2.45) is 5.92 Å². The zero-order valence-electron chi connectivity index (χ0n) is 15.2. The monoisotopic (exact) mass is 386 g/mol. The average molecular weight is 386 g/mol. The maximum Gasteiger partial charge on any atom is 0.254 e. The number of thioether (sulfide) groups is 1. The standard InChI is InChI=1S/C18H22N6O2S/c1-12-3-6-23(7-4-12)15-9-14(20-11-21-15)22-16(25)8-13-10-27-18-19-5-2-17(26)24(13)18/h2,5,9,11-13H,3-4,6-8,10H2,1H3,(H,20,21,22,25). The molecule has 1 saturated heterocycles. The first-order chi connectivity index (χ1) is 13.1. The Balaban J connectivity index is 1.41. The van der Waals surface area contributed by atoms with Crippen molar-refractivity contribution in [2.45, 2.75) is 37.4 Å². The van der Waals surface area contributed by atoms with E-state index in [0.717, 1.165) is 37.7 Å². The normalized spacial score (nSPS) is 19.7. The van der Waals surface area contributed by atoms with Gasteiger partial charge < -0.3 is 10.2 Å². The van der Waals surface area contributed by atoms with Crippen molar-refractivity contribution in [3.8, 4) is 0 Å². The van der Waals surface area contributed by atoms with Crippen molar-refractivity contribution in [2.75, 3.05) is 29.1 Å². The van der Waals surface area contributed by atoms with Gasteiger partial charge in [0.1, 0.15) is 18.0 Å². The number of amides is 1. The average Bonchev–Trinajstić information content (AvgIpc) is 3.06. The molecular formula is C18H22N6O2S. The van der Waals surface area contributed by atoms with E-state index in [9.17, 15) is 9.59 Å². The maximum absolute atomic E-state index is 12.5. The molecular weight excluding hydrogens is 364 g/mol. The van der Waals surface area contributed by atoms with Gasteiger partial charge in [-0.25, -0.2) is 15.0 Å². The van der Waals surface area contributed by atoms with Crippen molar-refractivity contribution in [1.29, 1.82) is 0 Å². The van der Waals surface area contributed by atoms with Gasteiger partial charge >= 0.3 is 0 Å². The molecule has 9 heteroatoms. The summed E-state index contributed by atoms with van der Waals surface area (Å²) in [6, 6.07) is 3.06. The SMILES string of the molecule is CC1CCN(c2cc(NC(=O)CC3CSc4nccc(=O)n43)ncn2)CC1. The third kappa shape index (κ3) is 3.97. The molecule has 0 aromatic carbocycles. The summed E-state index contributed by atoms with van der Waals surface area (Å²) in [6.45, 7) is 4.21. The fraction of sp³-hybridized carbons (Fsp3) is 0.500. The summed E-state index contributed by atoms with van der Waals surface area (Å²) in [5.74, 6) is 2.58. The van der Waals surface area contributed by atoms with Crippen LogP contribution in [0.5, 0.6) is 0 Å². The van der Waals surface area contributed by atoms with Crippen LogP contribution in [0.25, 0.3) is 0 Å². The van der Waals surface area contributed by atoms with Crippen LogP contribution < -0.4 is 15.8 Å². The van der Waals surface area contributed by atoms with Gasteiger partial charge in [0.15, 0.2) is 5.16 Å². The van der Waals surface area contributed by atoms with Crippen LogP contribution in [0.15, 0.2) is 34.6 Å². The number of fused-ring (bicyclic) bond motifs is 1. The Morgan fingerprint density at radius 2 is 2.11 bits per heavy atom. The van der Waals surface area contributed by atoms with Gasteiger partial charge in [-0.3, -0.25) is 14.2 Å². The van der Waals surface area contributed by atoms with Gasteiger partial charge in [-0.2, -0.15) is 0 Å². The minimum absolute atomic E-state index is 0.119. The third-order valence-corrected chi connectivity index (χ3v) is 6.18. The molecule has 2 aliphatic rings. The molecule has 4 heterocycles. The lowest BCUT2D eigenvalue weighted by molar-refractivity contribution is -0.116. The molecule has 0 aliphatic carbocycles. The van der Waals surface area contributed by atoms with Crippen molar-refractivity contribution >= 4 is 29.3 Å². The van der Waals surface area contributed by atoms with E-state index >= 15 is 0 Å². The lowest BCUT2D eigenvalue weighted by Gasteiger charge is -2.31. The predicted octanol–water partition coefficient (Wildman–Crippen LogP) is 1.95. The molecule has 1 amide bonds. The number of hydrogen-bond donors (Lipinski definition) is 1. The molecule has 0 radical (unpaired) electrons. The first-order valence-corrected chi connectivity index (χ1v) is 10.2. The first kappa shape index (κ1) is 18.0. The van der Waals surface area contributed by atoms with E-state index in [2.05, 4.69) is 32.1 Å². The lowest BCUT2D eigenvalue weighted by atomic mass is 9.99. The van der Waals surface area contributed by atoms with E-state index < -0.39 is 0 Å². The van der Waals surface area contributed by atoms with Crippen molar-refractivity contribution in [1.82, 2.24) is 19.5 Å². The number of nitrogens with one attached hydrogen (secondary N) is 1. The second kappa shape index (κ2) is 7.67. The molecule has 2 aromatic rings. The van der Waals surface area contributed by atoms with Crippen molar-refractivity contribution in [3.63, 3.8) is 0 Å². The summed E-state index contributed by atoms with van der Waals surface area (Å²) in [5.41, 5.74) is -0.119. The molecule has 0 bridgehead atoms. The summed E-state index contributed by atoms with van der Waals surface area (Å²) in [6.07, 6.45) is 5.50. The van der Waals surface area contributed by atoms with Gasteiger partial charge in [0.25, 0.3) is 5.56 Å². The summed E-state index contributed by atoms with van der Waals surface area (Å²) >= 11 is 1.50. The number of aromatic nitrogens is 4. The van der Waals surface area contributed by atoms with Crippen LogP contribution in [0, 0.1) is 5.92 Å². The van der Waals surface area contributed by atoms with Gasteiger partial charge in [0.2, 0.25) is 5.91 Å². The molecule has 0 saturated carbocycles. The van der Waals surface area contributed by atoms with E-state index in [-0.39, 0.29) is 23.9 Å². The molecule has 2 aromatic heterocycles. The molecule has 142 valence electrons. The Morgan fingerprint density at radius 1 is 1.30 bits per heavy atom. The first-order valence-electron chi connectivity index (χ1n) is 9.17. The highest BCUT2D eigenvalue weighted by atomic mass is 32.2. The maximum atomic E-state index is 12.5.